The van der Waals surface area contributed by atoms with E-state index in [1.165, 1.54) is 19.3 Å². The third kappa shape index (κ3) is 5.38. The molecular weight excluding hydrogens is 224 g/mol. The molecule has 3 N–H and O–H groups in total. The molecule has 18 heavy (non-hydrogen) atoms. The zero-order valence-electron chi connectivity index (χ0n) is 12.1. The van der Waals surface area contributed by atoms with Crippen LogP contribution in [0.3, 0.4) is 0 Å². The van der Waals surface area contributed by atoms with Gasteiger partial charge in [-0.3, -0.25) is 4.79 Å². The van der Waals surface area contributed by atoms with Crippen LogP contribution in [0.1, 0.15) is 65.2 Å². The van der Waals surface area contributed by atoms with Crippen molar-refractivity contribution in [2.24, 2.45) is 17.6 Å². The fourth-order valence-corrected chi connectivity index (χ4v) is 2.75. The molecule has 1 fully saturated rings. The summed E-state index contributed by atoms with van der Waals surface area (Å²) in [5.41, 5.74) is 5.89. The van der Waals surface area contributed by atoms with Gasteiger partial charge in [-0.25, -0.2) is 0 Å². The second-order valence-corrected chi connectivity index (χ2v) is 5.77. The summed E-state index contributed by atoms with van der Waals surface area (Å²) in [6.45, 7) is 5.14. The average Bonchev–Trinajstić information content (AvgIpc) is 2.39. The third-order valence-corrected chi connectivity index (χ3v) is 4.23. The Morgan fingerprint density at radius 1 is 1.28 bits per heavy atom. The predicted octanol–water partition coefficient (Wildman–Crippen LogP) is 2.84. The van der Waals surface area contributed by atoms with Gasteiger partial charge in [-0.05, 0) is 44.4 Å². The highest BCUT2D eigenvalue weighted by molar-refractivity contribution is 5.78. The van der Waals surface area contributed by atoms with Crippen LogP contribution in [-0.4, -0.2) is 18.5 Å². The Kier molecular flexibility index (Phi) is 7.33. The third-order valence-electron chi connectivity index (χ3n) is 4.23. The Labute approximate surface area is 112 Å². The first-order valence-corrected chi connectivity index (χ1v) is 7.70. The molecule has 1 saturated carbocycles. The van der Waals surface area contributed by atoms with Crippen LogP contribution < -0.4 is 11.1 Å². The highest BCUT2D eigenvalue weighted by atomic mass is 16.1. The van der Waals surface area contributed by atoms with Gasteiger partial charge in [0, 0.05) is 18.5 Å². The Bertz CT molecular complexity index is 235. The van der Waals surface area contributed by atoms with Crippen molar-refractivity contribution in [1.29, 1.82) is 0 Å². The van der Waals surface area contributed by atoms with Crippen LogP contribution in [0.25, 0.3) is 0 Å². The van der Waals surface area contributed by atoms with Crippen molar-refractivity contribution in [3.63, 3.8) is 0 Å². The maximum Gasteiger partial charge on any atom is 0.223 e. The van der Waals surface area contributed by atoms with Gasteiger partial charge in [0.25, 0.3) is 0 Å². The Balaban J connectivity index is 2.22. The summed E-state index contributed by atoms with van der Waals surface area (Å²) in [4.78, 5) is 12.1. The number of amides is 1. The molecule has 0 aromatic heterocycles. The van der Waals surface area contributed by atoms with E-state index in [0.717, 1.165) is 38.6 Å². The highest BCUT2D eigenvalue weighted by Gasteiger charge is 2.21. The summed E-state index contributed by atoms with van der Waals surface area (Å²) in [5, 5.41) is 3.15. The van der Waals surface area contributed by atoms with Gasteiger partial charge in [0.15, 0.2) is 0 Å². The Hall–Kier alpha value is -0.570. The first kappa shape index (κ1) is 15.5. The second kappa shape index (κ2) is 8.52. The number of nitrogens with two attached hydrogens (primary N) is 1. The summed E-state index contributed by atoms with van der Waals surface area (Å²) in [7, 11) is 0. The topological polar surface area (TPSA) is 55.1 Å². The lowest BCUT2D eigenvalue weighted by Crippen LogP contribution is -2.37. The fourth-order valence-electron chi connectivity index (χ4n) is 2.75. The zero-order valence-corrected chi connectivity index (χ0v) is 12.1. The number of unbranched alkanes of at least 4 members (excludes halogenated alkanes) is 1. The summed E-state index contributed by atoms with van der Waals surface area (Å²) in [5.74, 6) is 1.13. The fraction of sp³-hybridized carbons (Fsp3) is 0.933. The standard InChI is InChI=1S/C15H30N2O/c1-3-5-6-13(4-2)15(18)17-11-12-7-9-14(16)10-8-12/h12-14H,3-11,16H2,1-2H3,(H,17,18). The summed E-state index contributed by atoms with van der Waals surface area (Å²) in [6, 6.07) is 0.393. The molecule has 0 aromatic carbocycles. The van der Waals surface area contributed by atoms with E-state index in [0.29, 0.717) is 12.0 Å². The molecule has 3 nitrogen and oxygen atoms in total. The number of rotatable bonds is 7. The monoisotopic (exact) mass is 254 g/mol. The minimum Gasteiger partial charge on any atom is -0.356 e. The van der Waals surface area contributed by atoms with E-state index in [1.54, 1.807) is 0 Å². The maximum absolute atomic E-state index is 12.1. The molecule has 0 aliphatic heterocycles. The number of carbonyl (C=O) groups is 1. The van der Waals surface area contributed by atoms with Crippen molar-refractivity contribution in [2.45, 2.75) is 71.3 Å². The minimum absolute atomic E-state index is 0.218. The molecule has 1 aliphatic carbocycles. The summed E-state index contributed by atoms with van der Waals surface area (Å²) < 4.78 is 0. The van der Waals surface area contributed by atoms with Crippen LogP contribution in [0.15, 0.2) is 0 Å². The average molecular weight is 254 g/mol. The molecule has 1 unspecified atom stereocenters. The second-order valence-electron chi connectivity index (χ2n) is 5.77. The van der Waals surface area contributed by atoms with Gasteiger partial charge in [-0.15, -0.1) is 0 Å². The number of carbonyl (C=O) groups excluding carboxylic acids is 1. The van der Waals surface area contributed by atoms with E-state index >= 15 is 0 Å². The van der Waals surface area contributed by atoms with Gasteiger partial charge in [-0.2, -0.15) is 0 Å². The summed E-state index contributed by atoms with van der Waals surface area (Å²) in [6.07, 6.45) is 8.91. The molecule has 106 valence electrons. The lowest BCUT2D eigenvalue weighted by molar-refractivity contribution is -0.125. The van der Waals surface area contributed by atoms with Crippen molar-refractivity contribution in [3.05, 3.63) is 0 Å². The molecule has 0 radical (unpaired) electrons. The lowest BCUT2D eigenvalue weighted by Gasteiger charge is -2.26. The lowest BCUT2D eigenvalue weighted by atomic mass is 9.86. The minimum atomic E-state index is 0.218. The first-order chi connectivity index (χ1) is 8.67. The van der Waals surface area contributed by atoms with Crippen LogP contribution >= 0.6 is 0 Å². The molecule has 1 amide bonds. The van der Waals surface area contributed by atoms with E-state index in [-0.39, 0.29) is 11.8 Å². The van der Waals surface area contributed by atoms with E-state index in [2.05, 4.69) is 19.2 Å². The Morgan fingerprint density at radius 2 is 1.94 bits per heavy atom. The highest BCUT2D eigenvalue weighted by Crippen LogP contribution is 2.22. The van der Waals surface area contributed by atoms with E-state index in [4.69, 9.17) is 5.73 Å². The quantitative estimate of drug-likeness (QED) is 0.734. The van der Waals surface area contributed by atoms with Crippen molar-refractivity contribution in [2.75, 3.05) is 6.54 Å². The van der Waals surface area contributed by atoms with E-state index < -0.39 is 0 Å². The van der Waals surface area contributed by atoms with Gasteiger partial charge in [-0.1, -0.05) is 26.7 Å². The molecular formula is C15H30N2O. The smallest absolute Gasteiger partial charge is 0.223 e. The van der Waals surface area contributed by atoms with Crippen molar-refractivity contribution < 1.29 is 4.79 Å². The molecule has 1 rings (SSSR count). The molecule has 0 heterocycles. The molecule has 0 saturated heterocycles. The van der Waals surface area contributed by atoms with Gasteiger partial charge in [0.1, 0.15) is 0 Å². The van der Waals surface area contributed by atoms with Gasteiger partial charge >= 0.3 is 0 Å². The van der Waals surface area contributed by atoms with Crippen LogP contribution in [0.4, 0.5) is 0 Å². The van der Waals surface area contributed by atoms with E-state index in [9.17, 15) is 4.79 Å². The molecule has 0 spiro atoms. The van der Waals surface area contributed by atoms with Crippen molar-refractivity contribution in [3.8, 4) is 0 Å². The predicted molar refractivity (Wildman–Crippen MR) is 76.2 cm³/mol. The van der Waals surface area contributed by atoms with Crippen LogP contribution in [0.2, 0.25) is 0 Å². The molecule has 0 bridgehead atoms. The SMILES string of the molecule is CCCCC(CC)C(=O)NCC1CCC(N)CC1. The largest absolute Gasteiger partial charge is 0.356 e. The maximum atomic E-state index is 12.1. The normalized spacial score (nSPS) is 25.7. The van der Waals surface area contributed by atoms with Crippen LogP contribution in [0, 0.1) is 11.8 Å². The van der Waals surface area contributed by atoms with Gasteiger partial charge in [0.2, 0.25) is 5.91 Å². The molecule has 3 heteroatoms. The zero-order chi connectivity index (χ0) is 13.4. The number of hydrogen-bond donors (Lipinski definition) is 2. The van der Waals surface area contributed by atoms with Gasteiger partial charge < -0.3 is 11.1 Å². The van der Waals surface area contributed by atoms with E-state index in [1.807, 2.05) is 0 Å². The first-order valence-electron chi connectivity index (χ1n) is 7.70. The van der Waals surface area contributed by atoms with Crippen LogP contribution in [0.5, 0.6) is 0 Å². The number of nitrogens with one attached hydrogen (secondary N) is 1. The van der Waals surface area contributed by atoms with Crippen LogP contribution in [-0.2, 0) is 4.79 Å². The molecule has 0 aromatic rings. The summed E-state index contributed by atoms with van der Waals surface area (Å²) >= 11 is 0. The van der Waals surface area contributed by atoms with Crippen molar-refractivity contribution >= 4 is 5.91 Å². The molecule has 1 atom stereocenters. The number of hydrogen-bond acceptors (Lipinski definition) is 2. The van der Waals surface area contributed by atoms with Crippen molar-refractivity contribution in [1.82, 2.24) is 5.32 Å². The Morgan fingerprint density at radius 3 is 2.50 bits per heavy atom. The van der Waals surface area contributed by atoms with Gasteiger partial charge in [0.05, 0.1) is 0 Å². The molecule has 1 aliphatic rings.